The van der Waals surface area contributed by atoms with E-state index >= 15 is 0 Å². The average molecular weight is 255 g/mol. The van der Waals surface area contributed by atoms with Crippen molar-refractivity contribution in [2.75, 3.05) is 0 Å². The van der Waals surface area contributed by atoms with Crippen LogP contribution in [0.3, 0.4) is 0 Å². The summed E-state index contributed by atoms with van der Waals surface area (Å²) in [6, 6.07) is 0. The largest absolute Gasteiger partial charge is 0.481 e. The first-order valence-corrected chi connectivity index (χ1v) is 6.45. The van der Waals surface area contributed by atoms with Crippen LogP contribution < -0.4 is 5.32 Å². The van der Waals surface area contributed by atoms with Crippen LogP contribution in [0.2, 0.25) is 0 Å². The first-order valence-electron chi connectivity index (χ1n) is 6.45. The highest BCUT2D eigenvalue weighted by Crippen LogP contribution is 2.58. The fourth-order valence-electron chi connectivity index (χ4n) is 3.07. The van der Waals surface area contributed by atoms with Gasteiger partial charge >= 0.3 is 12.1 Å². The smallest absolute Gasteiger partial charge is 0.408 e. The molecule has 0 bridgehead atoms. The molecule has 3 atom stereocenters. The number of rotatable bonds is 3. The molecule has 0 saturated heterocycles. The highest BCUT2D eigenvalue weighted by molar-refractivity contribution is 5.73. The Morgan fingerprint density at radius 1 is 1.44 bits per heavy atom. The van der Waals surface area contributed by atoms with Crippen LogP contribution in [0, 0.1) is 11.8 Å². The van der Waals surface area contributed by atoms with Crippen LogP contribution in [0.15, 0.2) is 0 Å². The second-order valence-electron chi connectivity index (χ2n) is 6.49. The van der Waals surface area contributed by atoms with Crippen molar-refractivity contribution in [2.24, 2.45) is 11.8 Å². The summed E-state index contributed by atoms with van der Waals surface area (Å²) in [5.41, 5.74) is -1.14. The predicted molar refractivity (Wildman–Crippen MR) is 65.2 cm³/mol. The molecule has 1 unspecified atom stereocenters. The number of carboxylic acid groups (broad SMARTS) is 1. The van der Waals surface area contributed by atoms with Crippen molar-refractivity contribution in [3.05, 3.63) is 0 Å². The van der Waals surface area contributed by atoms with Crippen molar-refractivity contribution in [1.29, 1.82) is 0 Å². The molecule has 2 fully saturated rings. The topological polar surface area (TPSA) is 75.6 Å². The van der Waals surface area contributed by atoms with Crippen molar-refractivity contribution >= 4 is 12.1 Å². The molecule has 2 saturated carbocycles. The van der Waals surface area contributed by atoms with E-state index < -0.39 is 23.2 Å². The Bertz CT molecular complexity index is 374. The number of carbonyl (C=O) groups is 2. The van der Waals surface area contributed by atoms with Crippen molar-refractivity contribution in [1.82, 2.24) is 5.32 Å². The van der Waals surface area contributed by atoms with E-state index in [0.717, 1.165) is 19.3 Å². The highest BCUT2D eigenvalue weighted by Gasteiger charge is 2.59. The SMILES string of the molecule is CC(C)(C)OC(=O)NC1(CC(=O)O)CC[C@@H]2C[C@@H]21. The van der Waals surface area contributed by atoms with E-state index in [9.17, 15) is 9.59 Å². The number of aliphatic carboxylic acids is 1. The van der Waals surface area contributed by atoms with Gasteiger partial charge in [-0.1, -0.05) is 0 Å². The molecule has 0 spiro atoms. The third kappa shape index (κ3) is 2.76. The summed E-state index contributed by atoms with van der Waals surface area (Å²) in [6.45, 7) is 5.39. The lowest BCUT2D eigenvalue weighted by molar-refractivity contribution is -0.138. The third-order valence-electron chi connectivity index (χ3n) is 3.81. The monoisotopic (exact) mass is 255 g/mol. The Labute approximate surface area is 107 Å². The Morgan fingerprint density at radius 2 is 2.11 bits per heavy atom. The lowest BCUT2D eigenvalue weighted by atomic mass is 9.89. The molecule has 18 heavy (non-hydrogen) atoms. The first-order chi connectivity index (χ1) is 8.22. The minimum atomic E-state index is -0.862. The number of hydrogen-bond donors (Lipinski definition) is 2. The molecule has 1 amide bonds. The molecule has 2 aliphatic carbocycles. The number of alkyl carbamates (subject to hydrolysis) is 1. The Kier molecular flexibility index (Phi) is 3.03. The fraction of sp³-hybridized carbons (Fsp3) is 0.846. The minimum absolute atomic E-state index is 0.00654. The number of hydrogen-bond acceptors (Lipinski definition) is 3. The molecular weight excluding hydrogens is 234 g/mol. The van der Waals surface area contributed by atoms with Gasteiger partial charge in [0.15, 0.2) is 0 Å². The maximum absolute atomic E-state index is 11.8. The van der Waals surface area contributed by atoms with E-state index in [0.29, 0.717) is 11.8 Å². The molecule has 0 aliphatic heterocycles. The van der Waals surface area contributed by atoms with Crippen molar-refractivity contribution in [3.63, 3.8) is 0 Å². The Hall–Kier alpha value is -1.26. The highest BCUT2D eigenvalue weighted by atomic mass is 16.6. The van der Waals surface area contributed by atoms with Gasteiger partial charge in [0.05, 0.1) is 12.0 Å². The summed E-state index contributed by atoms with van der Waals surface area (Å²) in [6.07, 6.45) is 2.27. The maximum Gasteiger partial charge on any atom is 0.408 e. The molecule has 0 aromatic rings. The second-order valence-corrected chi connectivity index (χ2v) is 6.49. The van der Waals surface area contributed by atoms with Gasteiger partial charge < -0.3 is 15.2 Å². The van der Waals surface area contributed by atoms with E-state index in [1.165, 1.54) is 0 Å². The quantitative estimate of drug-likeness (QED) is 0.810. The Balaban J connectivity index is 2.02. The van der Waals surface area contributed by atoms with E-state index in [2.05, 4.69) is 5.32 Å². The van der Waals surface area contributed by atoms with Gasteiger partial charge in [-0.15, -0.1) is 0 Å². The van der Waals surface area contributed by atoms with Crippen LogP contribution in [0.4, 0.5) is 4.79 Å². The maximum atomic E-state index is 11.8. The lowest BCUT2D eigenvalue weighted by Crippen LogP contribution is -2.51. The standard InChI is InChI=1S/C13H21NO4/c1-12(2,3)18-11(17)14-13(7-10(15)16)5-4-8-6-9(8)13/h8-9H,4-7H2,1-3H3,(H,14,17)(H,15,16)/t8-,9+,13?/m1/s1. The second kappa shape index (κ2) is 4.14. The molecule has 2 aliphatic rings. The zero-order valence-corrected chi connectivity index (χ0v) is 11.2. The zero-order valence-electron chi connectivity index (χ0n) is 11.2. The van der Waals surface area contributed by atoms with Crippen LogP contribution in [0.1, 0.15) is 46.5 Å². The lowest BCUT2D eigenvalue weighted by Gasteiger charge is -2.32. The van der Waals surface area contributed by atoms with E-state index in [1.54, 1.807) is 20.8 Å². The molecule has 5 heteroatoms. The van der Waals surface area contributed by atoms with Crippen molar-refractivity contribution in [3.8, 4) is 0 Å². The van der Waals surface area contributed by atoms with Gasteiger partial charge in [0.2, 0.25) is 0 Å². The molecule has 2 N–H and O–H groups in total. The summed E-state index contributed by atoms with van der Waals surface area (Å²) in [5.74, 6) is 0.0546. The number of amides is 1. The fourth-order valence-corrected chi connectivity index (χ4v) is 3.07. The zero-order chi connectivity index (χ0) is 13.6. The molecule has 0 radical (unpaired) electrons. The van der Waals surface area contributed by atoms with Gasteiger partial charge in [0.1, 0.15) is 5.60 Å². The number of carbonyl (C=O) groups excluding carboxylic acids is 1. The Morgan fingerprint density at radius 3 is 2.50 bits per heavy atom. The van der Waals surface area contributed by atoms with Gasteiger partial charge in [-0.05, 0) is 51.9 Å². The van der Waals surface area contributed by atoms with Crippen LogP contribution in [-0.4, -0.2) is 28.3 Å². The van der Waals surface area contributed by atoms with Gasteiger partial charge in [0, 0.05) is 0 Å². The third-order valence-corrected chi connectivity index (χ3v) is 3.81. The summed E-state index contributed by atoms with van der Waals surface area (Å²) in [4.78, 5) is 22.8. The number of nitrogens with one attached hydrogen (secondary N) is 1. The molecule has 2 rings (SSSR count). The molecule has 0 aromatic carbocycles. The summed E-state index contributed by atoms with van der Waals surface area (Å²) in [5, 5.41) is 11.9. The van der Waals surface area contributed by atoms with Crippen LogP contribution in [-0.2, 0) is 9.53 Å². The molecule has 5 nitrogen and oxygen atoms in total. The summed E-state index contributed by atoms with van der Waals surface area (Å²) in [7, 11) is 0. The normalized spacial score (nSPS) is 33.7. The average Bonchev–Trinajstić information content (AvgIpc) is 2.83. The number of ether oxygens (including phenoxy) is 1. The van der Waals surface area contributed by atoms with E-state index in [-0.39, 0.29) is 6.42 Å². The minimum Gasteiger partial charge on any atom is -0.481 e. The molecule has 0 heterocycles. The van der Waals surface area contributed by atoms with Gasteiger partial charge in [-0.3, -0.25) is 4.79 Å². The number of carboxylic acids is 1. The summed E-state index contributed by atoms with van der Waals surface area (Å²) >= 11 is 0. The first kappa shape index (κ1) is 13.2. The van der Waals surface area contributed by atoms with Crippen molar-refractivity contribution < 1.29 is 19.4 Å². The van der Waals surface area contributed by atoms with Crippen LogP contribution in [0.25, 0.3) is 0 Å². The van der Waals surface area contributed by atoms with Gasteiger partial charge in [-0.2, -0.15) is 0 Å². The van der Waals surface area contributed by atoms with Gasteiger partial charge in [-0.25, -0.2) is 4.79 Å². The number of fused-ring (bicyclic) bond motifs is 1. The van der Waals surface area contributed by atoms with Gasteiger partial charge in [0.25, 0.3) is 0 Å². The predicted octanol–water partition coefficient (Wildman–Crippen LogP) is 2.15. The molecular formula is C13H21NO4. The molecule has 102 valence electrons. The van der Waals surface area contributed by atoms with Crippen LogP contribution in [0.5, 0.6) is 0 Å². The molecule has 0 aromatic heterocycles. The van der Waals surface area contributed by atoms with Crippen LogP contribution >= 0.6 is 0 Å². The van der Waals surface area contributed by atoms with E-state index in [4.69, 9.17) is 9.84 Å². The van der Waals surface area contributed by atoms with E-state index in [1.807, 2.05) is 0 Å². The van der Waals surface area contributed by atoms with Crippen molar-refractivity contribution in [2.45, 2.75) is 57.6 Å². The summed E-state index contributed by atoms with van der Waals surface area (Å²) < 4.78 is 5.23.